The highest BCUT2D eigenvalue weighted by Gasteiger charge is 2.25. The summed E-state index contributed by atoms with van der Waals surface area (Å²) < 4.78 is 27.6. The van der Waals surface area contributed by atoms with E-state index in [1.165, 1.54) is 25.3 Å². The number of benzene rings is 1. The number of sulfonamides is 1. The van der Waals surface area contributed by atoms with E-state index in [0.29, 0.717) is 11.3 Å². The lowest BCUT2D eigenvalue weighted by molar-refractivity contribution is -0.120. The zero-order valence-corrected chi connectivity index (χ0v) is 15.3. The summed E-state index contributed by atoms with van der Waals surface area (Å²) in [7, 11) is -3.89. The van der Waals surface area contributed by atoms with Crippen molar-refractivity contribution in [2.75, 3.05) is 0 Å². The van der Waals surface area contributed by atoms with Crippen molar-refractivity contribution in [3.8, 4) is 0 Å². The molecule has 1 aromatic heterocycles. The summed E-state index contributed by atoms with van der Waals surface area (Å²) in [4.78, 5) is 16.4. The summed E-state index contributed by atoms with van der Waals surface area (Å²) in [5.41, 5.74) is 0. The van der Waals surface area contributed by atoms with E-state index in [4.69, 9.17) is 0 Å². The molecule has 5 nitrogen and oxygen atoms in total. The van der Waals surface area contributed by atoms with E-state index in [-0.39, 0.29) is 17.2 Å². The van der Waals surface area contributed by atoms with E-state index in [1.54, 1.807) is 30.6 Å². The van der Waals surface area contributed by atoms with E-state index in [2.05, 4.69) is 9.71 Å². The zero-order valence-electron chi connectivity index (χ0n) is 14.4. The second-order valence-electron chi connectivity index (χ2n) is 6.96. The number of amides is 1. The van der Waals surface area contributed by atoms with Crippen LogP contribution >= 0.6 is 0 Å². The van der Waals surface area contributed by atoms with Gasteiger partial charge >= 0.3 is 0 Å². The number of hydrogen-bond acceptors (Lipinski definition) is 4. The molecule has 1 fully saturated rings. The smallest absolute Gasteiger partial charge is 0.264 e. The molecule has 0 aliphatic heterocycles. The molecule has 2 aromatic rings. The van der Waals surface area contributed by atoms with E-state index in [0.717, 1.165) is 18.2 Å². The Labute approximate surface area is 148 Å². The van der Waals surface area contributed by atoms with E-state index in [1.807, 2.05) is 6.92 Å². The Morgan fingerprint density at radius 1 is 1.24 bits per heavy atom. The Morgan fingerprint density at radius 3 is 2.76 bits per heavy atom. The molecule has 0 saturated heterocycles. The van der Waals surface area contributed by atoms with Crippen LogP contribution in [0.5, 0.6) is 0 Å². The van der Waals surface area contributed by atoms with Gasteiger partial charge in [-0.2, -0.15) is 0 Å². The molecule has 6 heteroatoms. The molecule has 134 valence electrons. The van der Waals surface area contributed by atoms with Crippen molar-refractivity contribution in [1.82, 2.24) is 9.71 Å². The van der Waals surface area contributed by atoms with Crippen molar-refractivity contribution in [3.05, 3.63) is 36.7 Å². The predicted molar refractivity (Wildman–Crippen MR) is 97.4 cm³/mol. The lowest BCUT2D eigenvalue weighted by Crippen LogP contribution is -2.33. The summed E-state index contributed by atoms with van der Waals surface area (Å²) in [6.07, 6.45) is 9.36. The normalized spacial score (nSPS) is 17.3. The number of aromatic nitrogens is 1. The van der Waals surface area contributed by atoms with Crippen LogP contribution in [0.25, 0.3) is 10.8 Å². The van der Waals surface area contributed by atoms with Crippen molar-refractivity contribution in [2.24, 2.45) is 11.8 Å². The van der Waals surface area contributed by atoms with E-state index >= 15 is 0 Å². The van der Waals surface area contributed by atoms with Gasteiger partial charge in [0.1, 0.15) is 0 Å². The van der Waals surface area contributed by atoms with Crippen LogP contribution in [0.15, 0.2) is 41.6 Å². The molecule has 1 aliphatic rings. The maximum absolute atomic E-state index is 12.7. The monoisotopic (exact) mass is 360 g/mol. The molecule has 25 heavy (non-hydrogen) atoms. The maximum Gasteiger partial charge on any atom is 0.264 e. The number of nitrogens with zero attached hydrogens (tertiary/aromatic N) is 1. The van der Waals surface area contributed by atoms with Gasteiger partial charge in [0.25, 0.3) is 10.0 Å². The molecule has 1 amide bonds. The molecular weight excluding hydrogens is 336 g/mol. The minimum Gasteiger partial charge on any atom is -0.274 e. The number of rotatable bonds is 5. The molecule has 1 aliphatic carbocycles. The van der Waals surface area contributed by atoms with Gasteiger partial charge in [-0.25, -0.2) is 13.1 Å². The molecule has 1 unspecified atom stereocenters. The maximum atomic E-state index is 12.7. The van der Waals surface area contributed by atoms with Crippen LogP contribution in [0.2, 0.25) is 0 Å². The van der Waals surface area contributed by atoms with Gasteiger partial charge in [-0.3, -0.25) is 9.78 Å². The van der Waals surface area contributed by atoms with Crippen molar-refractivity contribution in [2.45, 2.75) is 50.3 Å². The predicted octanol–water partition coefficient (Wildman–Crippen LogP) is 3.65. The lowest BCUT2D eigenvalue weighted by Gasteiger charge is -2.27. The summed E-state index contributed by atoms with van der Waals surface area (Å²) in [6.45, 7) is 2.05. The van der Waals surface area contributed by atoms with Crippen LogP contribution in [-0.4, -0.2) is 19.3 Å². The second kappa shape index (κ2) is 7.52. The number of pyridine rings is 1. The number of fused-ring (bicyclic) bond motifs is 1. The largest absolute Gasteiger partial charge is 0.274 e. The average Bonchev–Trinajstić information content (AvgIpc) is 2.61. The fraction of sp³-hybridized carbons (Fsp3) is 0.474. The Bertz CT molecular complexity index is 853. The van der Waals surface area contributed by atoms with Gasteiger partial charge in [-0.1, -0.05) is 51.2 Å². The van der Waals surface area contributed by atoms with Crippen LogP contribution in [0.1, 0.15) is 45.4 Å². The molecule has 3 rings (SSSR count). The number of hydrogen-bond donors (Lipinski definition) is 1. The SMILES string of the molecule is CC(CC(=O)NS(=O)(=O)c1cccc2cnccc12)C1CCCCC1. The third-order valence-corrected chi connectivity index (χ3v) is 6.57. The fourth-order valence-electron chi connectivity index (χ4n) is 3.74. The standard InChI is InChI=1S/C19H24N2O3S/c1-14(15-6-3-2-4-7-15)12-19(22)21-25(23,24)18-9-5-8-16-13-20-11-10-17(16)18/h5,8-11,13-15H,2-4,6-7,12H2,1H3,(H,21,22). The van der Waals surface area contributed by atoms with Crippen molar-refractivity contribution < 1.29 is 13.2 Å². The van der Waals surface area contributed by atoms with Gasteiger partial charge in [0.2, 0.25) is 5.91 Å². The van der Waals surface area contributed by atoms with Gasteiger partial charge < -0.3 is 0 Å². The van der Waals surface area contributed by atoms with Crippen molar-refractivity contribution in [1.29, 1.82) is 0 Å². The number of nitrogens with one attached hydrogen (secondary N) is 1. The Hall–Kier alpha value is -1.95. The van der Waals surface area contributed by atoms with Gasteiger partial charge in [-0.15, -0.1) is 0 Å². The lowest BCUT2D eigenvalue weighted by atomic mass is 9.79. The second-order valence-corrected chi connectivity index (χ2v) is 8.61. The first-order chi connectivity index (χ1) is 12.0. The van der Waals surface area contributed by atoms with Crippen LogP contribution in [0.4, 0.5) is 0 Å². The van der Waals surface area contributed by atoms with Crippen LogP contribution in [0, 0.1) is 11.8 Å². The van der Waals surface area contributed by atoms with E-state index < -0.39 is 15.9 Å². The highest BCUT2D eigenvalue weighted by atomic mass is 32.2. The zero-order chi connectivity index (χ0) is 17.9. The number of carbonyl (C=O) groups excluding carboxylic acids is 1. The molecule has 0 radical (unpaired) electrons. The molecule has 1 atom stereocenters. The average molecular weight is 360 g/mol. The van der Waals surface area contributed by atoms with Crippen molar-refractivity contribution in [3.63, 3.8) is 0 Å². The summed E-state index contributed by atoms with van der Waals surface area (Å²) in [6, 6.07) is 6.63. The van der Waals surface area contributed by atoms with Crippen LogP contribution < -0.4 is 4.72 Å². The van der Waals surface area contributed by atoms with Gasteiger partial charge in [0.05, 0.1) is 4.90 Å². The Morgan fingerprint density at radius 2 is 2.00 bits per heavy atom. The topological polar surface area (TPSA) is 76.1 Å². The molecule has 1 saturated carbocycles. The molecule has 1 aromatic carbocycles. The summed E-state index contributed by atoms with van der Waals surface area (Å²) >= 11 is 0. The summed E-state index contributed by atoms with van der Waals surface area (Å²) in [5, 5.41) is 1.30. The Balaban J connectivity index is 1.73. The highest BCUT2D eigenvalue weighted by molar-refractivity contribution is 7.90. The molecule has 1 heterocycles. The van der Waals surface area contributed by atoms with E-state index in [9.17, 15) is 13.2 Å². The minimum absolute atomic E-state index is 0.117. The summed E-state index contributed by atoms with van der Waals surface area (Å²) in [5.74, 6) is 0.294. The minimum atomic E-state index is -3.89. The molecular formula is C19H24N2O3S. The van der Waals surface area contributed by atoms with Crippen LogP contribution in [0.3, 0.4) is 0 Å². The van der Waals surface area contributed by atoms with Crippen LogP contribution in [-0.2, 0) is 14.8 Å². The fourth-order valence-corrected chi connectivity index (χ4v) is 4.96. The molecule has 0 bridgehead atoms. The molecule has 0 spiro atoms. The molecule has 1 N–H and O–H groups in total. The Kier molecular flexibility index (Phi) is 5.37. The first kappa shape index (κ1) is 17.9. The van der Waals surface area contributed by atoms with Crippen molar-refractivity contribution >= 4 is 26.7 Å². The number of carbonyl (C=O) groups is 1. The van der Waals surface area contributed by atoms with Gasteiger partial charge in [0.15, 0.2) is 0 Å². The van der Waals surface area contributed by atoms with Gasteiger partial charge in [0, 0.05) is 29.6 Å². The van der Waals surface area contributed by atoms with Gasteiger partial charge in [-0.05, 0) is 24.0 Å². The quantitative estimate of drug-likeness (QED) is 0.883. The highest BCUT2D eigenvalue weighted by Crippen LogP contribution is 2.31. The first-order valence-corrected chi connectivity index (χ1v) is 10.3. The third kappa shape index (κ3) is 4.18. The first-order valence-electron chi connectivity index (χ1n) is 8.86. The third-order valence-electron chi connectivity index (χ3n) is 5.14.